The van der Waals surface area contributed by atoms with Gasteiger partial charge in [-0.05, 0) is 55.0 Å². The molecule has 4 rings (SSSR count). The molecule has 3 aromatic carbocycles. The second-order valence-electron chi connectivity index (χ2n) is 7.68. The molecule has 0 bridgehead atoms. The van der Waals surface area contributed by atoms with Gasteiger partial charge in [0.05, 0.1) is 11.5 Å². The van der Waals surface area contributed by atoms with Gasteiger partial charge in [0.25, 0.3) is 10.0 Å². The van der Waals surface area contributed by atoms with Gasteiger partial charge in [0.2, 0.25) is 5.56 Å². The molecule has 10 heteroatoms. The SMILES string of the molecule is CCOCc1cc(=O)[nH]cc1-c1cc(NS(=O)(=O)c2ccccc2)ccc1Oc1ccc(F)cc1F. The van der Waals surface area contributed by atoms with E-state index in [0.29, 0.717) is 29.4 Å². The molecule has 0 spiro atoms. The molecule has 1 aromatic heterocycles. The molecule has 0 saturated carbocycles. The predicted octanol–water partition coefficient (Wildman–Crippen LogP) is 5.45. The van der Waals surface area contributed by atoms with Crippen molar-refractivity contribution in [2.24, 2.45) is 0 Å². The number of ether oxygens (including phenoxy) is 2. The molecule has 0 aliphatic heterocycles. The van der Waals surface area contributed by atoms with Crippen LogP contribution in [0.25, 0.3) is 11.1 Å². The lowest BCUT2D eigenvalue weighted by Crippen LogP contribution is -2.13. The van der Waals surface area contributed by atoms with Gasteiger partial charge in [0, 0.05) is 41.8 Å². The van der Waals surface area contributed by atoms with Crippen molar-refractivity contribution in [2.45, 2.75) is 18.4 Å². The molecule has 0 aliphatic carbocycles. The van der Waals surface area contributed by atoms with Crippen molar-refractivity contribution in [3.63, 3.8) is 0 Å². The summed E-state index contributed by atoms with van der Waals surface area (Å²) in [6, 6.07) is 16.5. The highest BCUT2D eigenvalue weighted by atomic mass is 32.2. The van der Waals surface area contributed by atoms with E-state index in [0.717, 1.165) is 12.1 Å². The molecule has 0 radical (unpaired) electrons. The van der Waals surface area contributed by atoms with Crippen LogP contribution in [0.5, 0.6) is 11.5 Å². The van der Waals surface area contributed by atoms with Crippen LogP contribution in [0.1, 0.15) is 12.5 Å². The van der Waals surface area contributed by atoms with E-state index in [1.165, 1.54) is 42.6 Å². The number of H-pyrrole nitrogens is 1. The Hall–Kier alpha value is -4.02. The smallest absolute Gasteiger partial charge is 0.261 e. The minimum absolute atomic E-state index is 0.0707. The lowest BCUT2D eigenvalue weighted by atomic mass is 10.0. The van der Waals surface area contributed by atoms with Crippen LogP contribution in [0.4, 0.5) is 14.5 Å². The van der Waals surface area contributed by atoms with Crippen molar-refractivity contribution in [2.75, 3.05) is 11.3 Å². The Bertz CT molecular complexity index is 1540. The number of aromatic amines is 1. The third-order valence-corrected chi connectivity index (χ3v) is 6.56. The molecule has 0 saturated heterocycles. The first kappa shape index (κ1) is 25.1. The number of nitrogens with one attached hydrogen (secondary N) is 2. The molecular formula is C26H22F2N2O5S. The molecule has 2 N–H and O–H groups in total. The summed E-state index contributed by atoms with van der Waals surface area (Å²) in [6.45, 7) is 2.30. The third-order valence-electron chi connectivity index (χ3n) is 5.16. The number of hydrogen-bond donors (Lipinski definition) is 2. The summed E-state index contributed by atoms with van der Waals surface area (Å²) in [5.41, 5.74) is 1.17. The van der Waals surface area contributed by atoms with E-state index < -0.39 is 21.7 Å². The number of aromatic nitrogens is 1. The Balaban J connectivity index is 1.82. The minimum atomic E-state index is -3.90. The Labute approximate surface area is 206 Å². The number of halogens is 2. The second kappa shape index (κ2) is 10.7. The van der Waals surface area contributed by atoms with Gasteiger partial charge in [-0.25, -0.2) is 17.2 Å². The molecule has 0 atom stereocenters. The quantitative estimate of drug-likeness (QED) is 0.311. The molecule has 7 nitrogen and oxygen atoms in total. The summed E-state index contributed by atoms with van der Waals surface area (Å²) in [5, 5.41) is 0. The van der Waals surface area contributed by atoms with E-state index in [1.54, 1.807) is 25.1 Å². The van der Waals surface area contributed by atoms with E-state index >= 15 is 0 Å². The Kier molecular flexibility index (Phi) is 7.47. The number of hydrogen-bond acceptors (Lipinski definition) is 5. The number of anilines is 1. The van der Waals surface area contributed by atoms with Gasteiger partial charge < -0.3 is 14.5 Å². The largest absolute Gasteiger partial charge is 0.454 e. The van der Waals surface area contributed by atoms with Crippen LogP contribution in [0, 0.1) is 11.6 Å². The van der Waals surface area contributed by atoms with Gasteiger partial charge in [0.1, 0.15) is 11.6 Å². The lowest BCUT2D eigenvalue weighted by Gasteiger charge is -2.17. The van der Waals surface area contributed by atoms with Crippen LogP contribution in [0.2, 0.25) is 0 Å². The van der Waals surface area contributed by atoms with Gasteiger partial charge in [-0.15, -0.1) is 0 Å². The number of pyridine rings is 1. The molecule has 0 aliphatic rings. The second-order valence-corrected chi connectivity index (χ2v) is 9.36. The van der Waals surface area contributed by atoms with Crippen molar-refractivity contribution in [3.8, 4) is 22.6 Å². The Morgan fingerprint density at radius 2 is 1.67 bits per heavy atom. The molecule has 4 aromatic rings. The van der Waals surface area contributed by atoms with Crippen LogP contribution in [-0.2, 0) is 21.4 Å². The standard InChI is InChI=1S/C26H22F2N2O5S/c1-2-34-16-17-12-26(31)29-15-22(17)21-14-19(30-36(32,33)20-6-4-3-5-7-20)9-11-24(21)35-25-10-8-18(27)13-23(25)28/h3-15,30H,2,16H2,1H3,(H,29,31). The molecule has 0 fully saturated rings. The van der Waals surface area contributed by atoms with Crippen molar-refractivity contribution in [1.29, 1.82) is 0 Å². The van der Waals surface area contributed by atoms with Gasteiger partial charge in [-0.1, -0.05) is 18.2 Å². The number of sulfonamides is 1. The predicted molar refractivity (Wildman–Crippen MR) is 132 cm³/mol. The van der Waals surface area contributed by atoms with E-state index in [-0.39, 0.29) is 34.2 Å². The van der Waals surface area contributed by atoms with Gasteiger partial charge in [-0.3, -0.25) is 9.52 Å². The molecule has 186 valence electrons. The topological polar surface area (TPSA) is 97.5 Å². The van der Waals surface area contributed by atoms with Crippen LogP contribution >= 0.6 is 0 Å². The Morgan fingerprint density at radius 3 is 2.39 bits per heavy atom. The Morgan fingerprint density at radius 1 is 0.917 bits per heavy atom. The van der Waals surface area contributed by atoms with E-state index in [1.807, 2.05) is 0 Å². The average molecular weight is 513 g/mol. The fourth-order valence-corrected chi connectivity index (χ4v) is 4.55. The van der Waals surface area contributed by atoms with Crippen LogP contribution in [0.15, 0.2) is 88.7 Å². The van der Waals surface area contributed by atoms with Crippen LogP contribution in [0.3, 0.4) is 0 Å². The average Bonchev–Trinajstić information content (AvgIpc) is 2.86. The first-order valence-electron chi connectivity index (χ1n) is 10.9. The first-order valence-corrected chi connectivity index (χ1v) is 12.4. The molecule has 1 heterocycles. The third kappa shape index (κ3) is 5.78. The van der Waals surface area contributed by atoms with Crippen molar-refractivity contribution in [1.82, 2.24) is 4.98 Å². The molecule has 36 heavy (non-hydrogen) atoms. The zero-order chi connectivity index (χ0) is 25.7. The number of rotatable bonds is 9. The molecule has 0 unspecified atom stereocenters. The van der Waals surface area contributed by atoms with E-state index in [9.17, 15) is 22.0 Å². The van der Waals surface area contributed by atoms with Crippen molar-refractivity contribution in [3.05, 3.63) is 107 Å². The van der Waals surface area contributed by atoms with E-state index in [4.69, 9.17) is 9.47 Å². The first-order chi connectivity index (χ1) is 17.3. The fraction of sp³-hybridized carbons (Fsp3) is 0.115. The highest BCUT2D eigenvalue weighted by Gasteiger charge is 2.19. The monoisotopic (exact) mass is 512 g/mol. The number of benzene rings is 3. The minimum Gasteiger partial charge on any atom is -0.454 e. The van der Waals surface area contributed by atoms with Gasteiger partial charge >= 0.3 is 0 Å². The van der Waals surface area contributed by atoms with Crippen LogP contribution in [-0.4, -0.2) is 20.0 Å². The summed E-state index contributed by atoms with van der Waals surface area (Å²) < 4.78 is 67.2. The van der Waals surface area contributed by atoms with Gasteiger partial charge in [0.15, 0.2) is 11.6 Å². The van der Waals surface area contributed by atoms with E-state index in [2.05, 4.69) is 9.71 Å². The fourth-order valence-electron chi connectivity index (χ4n) is 3.48. The summed E-state index contributed by atoms with van der Waals surface area (Å²) in [4.78, 5) is 14.6. The maximum atomic E-state index is 14.3. The lowest BCUT2D eigenvalue weighted by molar-refractivity contribution is 0.134. The summed E-state index contributed by atoms with van der Waals surface area (Å²) >= 11 is 0. The zero-order valence-electron chi connectivity index (χ0n) is 19.1. The maximum Gasteiger partial charge on any atom is 0.261 e. The normalized spacial score (nSPS) is 11.3. The van der Waals surface area contributed by atoms with Crippen molar-refractivity contribution < 1.29 is 26.7 Å². The highest BCUT2D eigenvalue weighted by molar-refractivity contribution is 7.92. The summed E-state index contributed by atoms with van der Waals surface area (Å²) in [5.74, 6) is -1.75. The van der Waals surface area contributed by atoms with Gasteiger partial charge in [-0.2, -0.15) is 0 Å². The molecular weight excluding hydrogens is 490 g/mol. The summed E-state index contributed by atoms with van der Waals surface area (Å²) in [7, 11) is -3.90. The summed E-state index contributed by atoms with van der Waals surface area (Å²) in [6.07, 6.45) is 1.44. The molecule has 0 amide bonds. The zero-order valence-corrected chi connectivity index (χ0v) is 19.9. The maximum absolute atomic E-state index is 14.3. The van der Waals surface area contributed by atoms with Crippen molar-refractivity contribution >= 4 is 15.7 Å². The van der Waals surface area contributed by atoms with Crippen LogP contribution < -0.4 is 15.0 Å². The highest BCUT2D eigenvalue weighted by Crippen LogP contribution is 2.38.